The Kier molecular flexibility index (Phi) is 4.65. The minimum absolute atomic E-state index is 0.278. The van der Waals surface area contributed by atoms with Gasteiger partial charge in [0.2, 0.25) is 5.91 Å². The molecule has 94 valence electrons. The monoisotopic (exact) mass is 257 g/mol. The van der Waals surface area contributed by atoms with Crippen LogP contribution in [0.25, 0.3) is 0 Å². The van der Waals surface area contributed by atoms with Gasteiger partial charge in [0.1, 0.15) is 5.75 Å². The van der Waals surface area contributed by atoms with E-state index in [2.05, 4.69) is 5.32 Å². The molecule has 0 fully saturated rings. The molecule has 5 nitrogen and oxygen atoms in total. The highest BCUT2D eigenvalue weighted by Crippen LogP contribution is 2.11. The molecule has 0 heterocycles. The third-order valence-electron chi connectivity index (χ3n) is 2.11. The lowest BCUT2D eigenvalue weighted by Gasteiger charge is -2.16. The maximum absolute atomic E-state index is 11.4. The van der Waals surface area contributed by atoms with Gasteiger partial charge in [0.05, 0.1) is 12.6 Å². The molecule has 0 aliphatic heterocycles. The van der Waals surface area contributed by atoms with Crippen LogP contribution >= 0.6 is 0 Å². The predicted molar refractivity (Wildman–Crippen MR) is 64.1 cm³/mol. The van der Waals surface area contributed by atoms with E-state index in [0.717, 1.165) is 11.8 Å². The third kappa shape index (κ3) is 4.97. The molecular weight excluding hydrogens is 242 g/mol. The Labute approximate surface area is 100 Å². The molecule has 0 saturated heterocycles. The molecule has 1 rings (SSSR count). The molecule has 6 heteroatoms. The second-order valence-corrected chi connectivity index (χ2v) is 5.92. The highest BCUT2D eigenvalue weighted by Gasteiger charge is 2.16. The predicted octanol–water partition coefficient (Wildman–Crippen LogP) is -0.119. The molecule has 0 aliphatic carbocycles. The van der Waals surface area contributed by atoms with Crippen LogP contribution in [-0.2, 0) is 14.6 Å². The zero-order valence-corrected chi connectivity index (χ0v) is 10.3. The van der Waals surface area contributed by atoms with E-state index in [1.54, 1.807) is 24.3 Å². The largest absolute Gasteiger partial charge is 0.394 e. The van der Waals surface area contributed by atoms with Crippen LogP contribution in [0.1, 0.15) is 11.6 Å². The fourth-order valence-electron chi connectivity index (χ4n) is 1.39. The van der Waals surface area contributed by atoms with Crippen molar-refractivity contribution >= 4 is 15.7 Å². The maximum Gasteiger partial charge on any atom is 0.235 e. The number of aliphatic hydroxyl groups excluding tert-OH is 1. The summed E-state index contributed by atoms with van der Waals surface area (Å²) in [5.41, 5.74) is 0.733. The van der Waals surface area contributed by atoms with Gasteiger partial charge >= 0.3 is 0 Å². The summed E-state index contributed by atoms with van der Waals surface area (Å²) < 4.78 is 21.8. The van der Waals surface area contributed by atoms with E-state index >= 15 is 0 Å². The van der Waals surface area contributed by atoms with Gasteiger partial charge in [-0.2, -0.15) is 0 Å². The van der Waals surface area contributed by atoms with Crippen molar-refractivity contribution in [3.63, 3.8) is 0 Å². The highest BCUT2D eigenvalue weighted by atomic mass is 32.2. The molecule has 0 unspecified atom stereocenters. The second-order valence-electron chi connectivity index (χ2n) is 3.78. The number of amides is 1. The normalized spacial score (nSPS) is 13.1. The van der Waals surface area contributed by atoms with Gasteiger partial charge in [0.15, 0.2) is 9.84 Å². The first kappa shape index (κ1) is 13.7. The van der Waals surface area contributed by atoms with Crippen molar-refractivity contribution in [2.45, 2.75) is 6.04 Å². The van der Waals surface area contributed by atoms with Crippen LogP contribution in [0.5, 0.6) is 0 Å². The third-order valence-corrected chi connectivity index (χ3v) is 2.90. The van der Waals surface area contributed by atoms with Crippen LogP contribution in [0.3, 0.4) is 0 Å². The Bertz CT molecular complexity index is 470. The van der Waals surface area contributed by atoms with Crippen LogP contribution in [-0.4, -0.2) is 38.0 Å². The van der Waals surface area contributed by atoms with Gasteiger partial charge in [-0.3, -0.25) is 4.79 Å². The molecule has 17 heavy (non-hydrogen) atoms. The van der Waals surface area contributed by atoms with E-state index in [0.29, 0.717) is 0 Å². The van der Waals surface area contributed by atoms with Gasteiger partial charge in [-0.05, 0) is 5.56 Å². The Hall–Kier alpha value is -1.40. The second kappa shape index (κ2) is 5.79. The molecule has 0 aliphatic rings. The highest BCUT2D eigenvalue weighted by molar-refractivity contribution is 7.91. The Morgan fingerprint density at radius 2 is 1.94 bits per heavy atom. The zero-order valence-electron chi connectivity index (χ0n) is 9.46. The van der Waals surface area contributed by atoms with Crippen LogP contribution in [0.2, 0.25) is 0 Å². The van der Waals surface area contributed by atoms with Crippen LogP contribution < -0.4 is 5.32 Å². The summed E-state index contributed by atoms with van der Waals surface area (Å²) >= 11 is 0. The Morgan fingerprint density at radius 3 is 2.41 bits per heavy atom. The van der Waals surface area contributed by atoms with Gasteiger partial charge in [-0.1, -0.05) is 30.3 Å². The van der Waals surface area contributed by atoms with Crippen LogP contribution in [0.4, 0.5) is 0 Å². The average Bonchev–Trinajstić information content (AvgIpc) is 2.24. The molecule has 0 spiro atoms. The number of carbonyl (C=O) groups is 1. The van der Waals surface area contributed by atoms with Gasteiger partial charge in [-0.15, -0.1) is 0 Å². The van der Waals surface area contributed by atoms with Gasteiger partial charge in [-0.25, -0.2) is 8.42 Å². The minimum Gasteiger partial charge on any atom is -0.394 e. The Balaban J connectivity index is 2.69. The Morgan fingerprint density at radius 1 is 1.35 bits per heavy atom. The van der Waals surface area contributed by atoms with Crippen LogP contribution in [0, 0.1) is 0 Å². The van der Waals surface area contributed by atoms with Crippen molar-refractivity contribution in [2.75, 3.05) is 18.6 Å². The summed E-state index contributed by atoms with van der Waals surface area (Å²) in [7, 11) is -3.35. The standard InChI is InChI=1S/C11H15NO4S/c1-17(15,16)8-11(14)12-10(7-13)9-5-3-2-4-6-9/h2-6,10,13H,7-8H2,1H3,(H,12,14)/t10-/m0/s1. The van der Waals surface area contributed by atoms with Gasteiger partial charge in [0.25, 0.3) is 0 Å². The van der Waals surface area contributed by atoms with E-state index in [1.165, 1.54) is 0 Å². The molecule has 1 aromatic carbocycles. The number of aliphatic hydroxyl groups is 1. The average molecular weight is 257 g/mol. The molecule has 0 saturated carbocycles. The van der Waals surface area contributed by atoms with E-state index in [4.69, 9.17) is 5.11 Å². The number of rotatable bonds is 5. The van der Waals surface area contributed by atoms with E-state index in [1.807, 2.05) is 6.07 Å². The molecule has 0 aromatic heterocycles. The number of nitrogens with one attached hydrogen (secondary N) is 1. The number of hydrogen-bond donors (Lipinski definition) is 2. The van der Waals surface area contributed by atoms with Crippen molar-refractivity contribution in [3.8, 4) is 0 Å². The lowest BCUT2D eigenvalue weighted by molar-refractivity contribution is -0.119. The van der Waals surface area contributed by atoms with E-state index < -0.39 is 27.5 Å². The number of hydrogen-bond acceptors (Lipinski definition) is 4. The summed E-state index contributed by atoms with van der Waals surface area (Å²) in [5.74, 6) is -1.19. The first-order valence-electron chi connectivity index (χ1n) is 5.05. The first-order chi connectivity index (χ1) is 7.92. The van der Waals surface area contributed by atoms with E-state index in [-0.39, 0.29) is 6.61 Å². The smallest absolute Gasteiger partial charge is 0.235 e. The molecule has 2 N–H and O–H groups in total. The summed E-state index contributed by atoms with van der Waals surface area (Å²) in [5, 5.41) is 11.6. The number of benzene rings is 1. The minimum atomic E-state index is -3.35. The molecule has 1 aromatic rings. The van der Waals surface area contributed by atoms with Crippen molar-refractivity contribution in [2.24, 2.45) is 0 Å². The molecule has 0 radical (unpaired) electrons. The number of sulfone groups is 1. The van der Waals surface area contributed by atoms with Crippen molar-refractivity contribution in [1.82, 2.24) is 5.32 Å². The first-order valence-corrected chi connectivity index (χ1v) is 7.11. The van der Waals surface area contributed by atoms with E-state index in [9.17, 15) is 13.2 Å². The zero-order chi connectivity index (χ0) is 12.9. The quantitative estimate of drug-likeness (QED) is 0.770. The number of carbonyl (C=O) groups excluding carboxylic acids is 1. The van der Waals surface area contributed by atoms with Gasteiger partial charge < -0.3 is 10.4 Å². The van der Waals surface area contributed by atoms with Crippen molar-refractivity contribution < 1.29 is 18.3 Å². The molecule has 0 bridgehead atoms. The molecule has 1 atom stereocenters. The topological polar surface area (TPSA) is 83.5 Å². The lowest BCUT2D eigenvalue weighted by atomic mass is 10.1. The fraction of sp³-hybridized carbons (Fsp3) is 0.364. The summed E-state index contributed by atoms with van der Waals surface area (Å²) in [6, 6.07) is 8.30. The summed E-state index contributed by atoms with van der Waals surface area (Å²) in [6.07, 6.45) is 0.989. The maximum atomic E-state index is 11.4. The van der Waals surface area contributed by atoms with Crippen molar-refractivity contribution in [1.29, 1.82) is 0 Å². The molecular formula is C11H15NO4S. The SMILES string of the molecule is CS(=O)(=O)CC(=O)N[C@@H](CO)c1ccccc1. The van der Waals surface area contributed by atoms with Crippen LogP contribution in [0.15, 0.2) is 30.3 Å². The van der Waals surface area contributed by atoms with Gasteiger partial charge in [0, 0.05) is 6.26 Å². The fourth-order valence-corrected chi connectivity index (χ4v) is 1.95. The lowest BCUT2D eigenvalue weighted by Crippen LogP contribution is -2.34. The molecule has 1 amide bonds. The van der Waals surface area contributed by atoms with Crippen molar-refractivity contribution in [3.05, 3.63) is 35.9 Å². The summed E-state index contributed by atoms with van der Waals surface area (Å²) in [6.45, 7) is -0.278. The summed E-state index contributed by atoms with van der Waals surface area (Å²) in [4.78, 5) is 11.4.